The normalized spacial score (nSPS) is 11.3. The molecule has 0 radical (unpaired) electrons. The van der Waals surface area contributed by atoms with Gasteiger partial charge in [-0.1, -0.05) is 127 Å². The van der Waals surface area contributed by atoms with E-state index in [0.29, 0.717) is 0 Å². The minimum atomic E-state index is 0.929. The Morgan fingerprint density at radius 2 is 1.02 bits per heavy atom. The molecule has 0 unspecified atom stereocenters. The second-order valence-corrected chi connectivity index (χ2v) is 10.7. The Bertz CT molecular complexity index is 2160. The molecule has 0 spiro atoms. The monoisotopic (exact) mass is 549 g/mol. The van der Waals surface area contributed by atoms with Crippen molar-refractivity contribution < 1.29 is 0 Å². The summed E-state index contributed by atoms with van der Waals surface area (Å²) >= 11 is 0. The number of nitrogens with zero attached hydrogens (tertiary/aromatic N) is 3. The molecule has 0 saturated carbocycles. The third kappa shape index (κ3) is 4.58. The first kappa shape index (κ1) is 25.0. The Kier molecular flexibility index (Phi) is 6.12. The molecular formula is C40H27N3. The molecule has 43 heavy (non-hydrogen) atoms. The summed E-state index contributed by atoms with van der Waals surface area (Å²) in [6, 6.07) is 57.2. The molecule has 0 aliphatic rings. The van der Waals surface area contributed by atoms with E-state index in [1.807, 2.05) is 12.1 Å². The molecule has 3 nitrogen and oxygen atoms in total. The van der Waals surface area contributed by atoms with Crippen molar-refractivity contribution in [1.82, 2.24) is 14.8 Å². The Morgan fingerprint density at radius 1 is 0.419 bits per heavy atom. The lowest BCUT2D eigenvalue weighted by Gasteiger charge is -2.11. The van der Waals surface area contributed by atoms with Gasteiger partial charge in [0.15, 0.2) is 0 Å². The van der Waals surface area contributed by atoms with Crippen molar-refractivity contribution in [2.75, 3.05) is 0 Å². The molecule has 8 aromatic rings. The molecule has 0 aliphatic heterocycles. The van der Waals surface area contributed by atoms with Gasteiger partial charge in [-0.25, -0.2) is 9.67 Å². The molecule has 0 fully saturated rings. The molecule has 0 aliphatic carbocycles. The number of fused-ring (bicyclic) bond motifs is 3. The summed E-state index contributed by atoms with van der Waals surface area (Å²) in [6.45, 7) is 0. The number of hydrogen-bond donors (Lipinski definition) is 0. The smallest absolute Gasteiger partial charge is 0.101 e. The molecule has 0 atom stereocenters. The van der Waals surface area contributed by atoms with Crippen LogP contribution in [0.5, 0.6) is 0 Å². The van der Waals surface area contributed by atoms with Crippen molar-refractivity contribution in [1.29, 1.82) is 0 Å². The van der Waals surface area contributed by atoms with Crippen LogP contribution in [-0.4, -0.2) is 14.8 Å². The zero-order valence-electron chi connectivity index (χ0n) is 23.4. The van der Waals surface area contributed by atoms with E-state index in [1.54, 1.807) is 0 Å². The van der Waals surface area contributed by atoms with E-state index in [1.165, 1.54) is 16.3 Å². The molecule has 3 heteroatoms. The molecule has 2 heterocycles. The largest absolute Gasteiger partial charge is 0.248 e. The van der Waals surface area contributed by atoms with Gasteiger partial charge >= 0.3 is 0 Å². The Balaban J connectivity index is 1.34. The van der Waals surface area contributed by atoms with Crippen LogP contribution in [0.1, 0.15) is 0 Å². The minimum Gasteiger partial charge on any atom is -0.248 e. The van der Waals surface area contributed by atoms with Gasteiger partial charge in [-0.2, -0.15) is 5.10 Å². The second kappa shape index (κ2) is 10.6. The van der Waals surface area contributed by atoms with Crippen LogP contribution in [0.15, 0.2) is 164 Å². The van der Waals surface area contributed by atoms with Crippen molar-refractivity contribution in [3.8, 4) is 50.6 Å². The Morgan fingerprint density at radius 3 is 1.79 bits per heavy atom. The average Bonchev–Trinajstić information content (AvgIpc) is 3.50. The highest BCUT2D eigenvalue weighted by atomic mass is 15.3. The van der Waals surface area contributed by atoms with Gasteiger partial charge < -0.3 is 0 Å². The van der Waals surface area contributed by atoms with E-state index < -0.39 is 0 Å². The first-order valence-corrected chi connectivity index (χ1v) is 14.5. The summed E-state index contributed by atoms with van der Waals surface area (Å²) in [6.07, 6.45) is 0. The van der Waals surface area contributed by atoms with Crippen molar-refractivity contribution in [3.63, 3.8) is 0 Å². The van der Waals surface area contributed by atoms with E-state index in [-0.39, 0.29) is 0 Å². The van der Waals surface area contributed by atoms with Crippen molar-refractivity contribution in [2.24, 2.45) is 0 Å². The van der Waals surface area contributed by atoms with E-state index in [4.69, 9.17) is 10.1 Å². The van der Waals surface area contributed by atoms with Crippen LogP contribution in [0, 0.1) is 0 Å². The lowest BCUT2D eigenvalue weighted by Crippen LogP contribution is -1.96. The van der Waals surface area contributed by atoms with Crippen LogP contribution in [0.25, 0.3) is 72.3 Å². The molecule has 0 N–H and O–H groups in total. The molecule has 0 amide bonds. The second-order valence-electron chi connectivity index (χ2n) is 10.7. The Hall–Kier alpha value is -5.80. The van der Waals surface area contributed by atoms with E-state index >= 15 is 0 Å². The zero-order valence-corrected chi connectivity index (χ0v) is 23.4. The summed E-state index contributed by atoms with van der Waals surface area (Å²) < 4.78 is 2.06. The Labute approximate surface area is 250 Å². The van der Waals surface area contributed by atoms with Crippen molar-refractivity contribution >= 4 is 21.7 Å². The fraction of sp³-hybridized carbons (Fsp3) is 0. The highest BCUT2D eigenvalue weighted by Gasteiger charge is 2.17. The minimum absolute atomic E-state index is 0.929. The molecular weight excluding hydrogens is 522 g/mol. The number of aromatic nitrogens is 3. The highest BCUT2D eigenvalue weighted by molar-refractivity contribution is 6.13. The fourth-order valence-corrected chi connectivity index (χ4v) is 5.92. The quantitative estimate of drug-likeness (QED) is 0.214. The molecule has 6 aromatic carbocycles. The SMILES string of the molecule is c1ccc(-c2cc(-c3ccccc3)nc(-c3cccc(-c4nn(-c5ccccc5)c5ccc6ccccc6c45)c3)c2)cc1. The topological polar surface area (TPSA) is 30.7 Å². The summed E-state index contributed by atoms with van der Waals surface area (Å²) in [5, 5.41) is 8.78. The third-order valence-electron chi connectivity index (χ3n) is 8.01. The summed E-state index contributed by atoms with van der Waals surface area (Å²) in [4.78, 5) is 5.17. The zero-order chi connectivity index (χ0) is 28.6. The number of hydrogen-bond acceptors (Lipinski definition) is 2. The van der Waals surface area contributed by atoms with Gasteiger partial charge in [0, 0.05) is 22.1 Å². The van der Waals surface area contributed by atoms with E-state index in [9.17, 15) is 0 Å². The maximum atomic E-state index is 5.24. The lowest BCUT2D eigenvalue weighted by atomic mass is 9.97. The maximum absolute atomic E-state index is 5.24. The van der Waals surface area contributed by atoms with Gasteiger partial charge in [0.05, 0.1) is 22.6 Å². The van der Waals surface area contributed by atoms with Gasteiger partial charge in [0.2, 0.25) is 0 Å². The predicted molar refractivity (Wildman–Crippen MR) is 178 cm³/mol. The number of para-hydroxylation sites is 1. The lowest BCUT2D eigenvalue weighted by molar-refractivity contribution is 0.915. The van der Waals surface area contributed by atoms with Crippen molar-refractivity contribution in [3.05, 3.63) is 164 Å². The number of pyridine rings is 1. The van der Waals surface area contributed by atoms with Crippen LogP contribution in [0.4, 0.5) is 0 Å². The summed E-state index contributed by atoms with van der Waals surface area (Å²) in [5.74, 6) is 0. The van der Waals surface area contributed by atoms with Crippen LogP contribution in [-0.2, 0) is 0 Å². The van der Waals surface area contributed by atoms with Crippen molar-refractivity contribution in [2.45, 2.75) is 0 Å². The summed E-state index contributed by atoms with van der Waals surface area (Å²) in [5.41, 5.74) is 10.5. The van der Waals surface area contributed by atoms with Gasteiger partial charge in [0.1, 0.15) is 5.69 Å². The maximum Gasteiger partial charge on any atom is 0.101 e. The van der Waals surface area contributed by atoms with Gasteiger partial charge in [0.25, 0.3) is 0 Å². The molecule has 0 bridgehead atoms. The van der Waals surface area contributed by atoms with Gasteiger partial charge in [-0.3, -0.25) is 0 Å². The first-order chi connectivity index (χ1) is 21.3. The molecule has 0 saturated heterocycles. The highest BCUT2D eigenvalue weighted by Crippen LogP contribution is 2.37. The standard InChI is InChI=1S/C40H27N3/c1-4-13-28(14-5-1)33-26-36(30-16-6-2-7-17-30)41-37(27-33)31-18-12-19-32(25-31)40-39-35-22-11-10-15-29(35)23-24-38(39)43(42-40)34-20-8-3-9-21-34/h1-27H. The van der Waals surface area contributed by atoms with Gasteiger partial charge in [-0.15, -0.1) is 0 Å². The van der Waals surface area contributed by atoms with E-state index in [2.05, 4.69) is 156 Å². The van der Waals surface area contributed by atoms with Crippen LogP contribution < -0.4 is 0 Å². The van der Waals surface area contributed by atoms with Gasteiger partial charge in [-0.05, 0) is 58.3 Å². The number of benzene rings is 6. The average molecular weight is 550 g/mol. The third-order valence-corrected chi connectivity index (χ3v) is 8.01. The predicted octanol–water partition coefficient (Wildman–Crippen LogP) is 10.2. The summed E-state index contributed by atoms with van der Waals surface area (Å²) in [7, 11) is 0. The first-order valence-electron chi connectivity index (χ1n) is 14.5. The van der Waals surface area contributed by atoms with Crippen LogP contribution in [0.2, 0.25) is 0 Å². The van der Waals surface area contributed by atoms with Crippen LogP contribution in [0.3, 0.4) is 0 Å². The molecule has 2 aromatic heterocycles. The molecule has 8 rings (SSSR count). The number of rotatable bonds is 5. The van der Waals surface area contributed by atoms with Crippen LogP contribution >= 0.6 is 0 Å². The van der Waals surface area contributed by atoms with E-state index in [0.717, 1.165) is 55.9 Å². The molecule has 202 valence electrons. The fourth-order valence-electron chi connectivity index (χ4n) is 5.92.